The van der Waals surface area contributed by atoms with Gasteiger partial charge < -0.3 is 24.3 Å². The fourth-order valence-electron chi connectivity index (χ4n) is 2.76. The van der Waals surface area contributed by atoms with Crippen molar-refractivity contribution < 1.29 is 18.9 Å². The van der Waals surface area contributed by atoms with Crippen LogP contribution in [0.15, 0.2) is 48.5 Å². The van der Waals surface area contributed by atoms with Gasteiger partial charge in [-0.2, -0.15) is 0 Å². The van der Waals surface area contributed by atoms with E-state index in [-0.39, 0.29) is 6.10 Å². The Bertz CT molecular complexity index is 656. The summed E-state index contributed by atoms with van der Waals surface area (Å²) >= 11 is 0. The van der Waals surface area contributed by atoms with Crippen molar-refractivity contribution >= 4 is 5.69 Å². The molecule has 0 aliphatic carbocycles. The number of nitrogens with one attached hydrogen (secondary N) is 1. The van der Waals surface area contributed by atoms with Gasteiger partial charge in [0.05, 0.1) is 13.2 Å². The molecule has 25 heavy (non-hydrogen) atoms. The van der Waals surface area contributed by atoms with Crippen molar-refractivity contribution in [2.75, 3.05) is 38.8 Å². The Morgan fingerprint density at radius 2 is 1.96 bits per heavy atom. The lowest BCUT2D eigenvalue weighted by Crippen LogP contribution is -2.16. The number of hydrogen-bond donors (Lipinski definition) is 1. The molecular weight excluding hydrogens is 318 g/mol. The lowest BCUT2D eigenvalue weighted by Gasteiger charge is -2.13. The molecule has 134 valence electrons. The minimum atomic E-state index is 0.228. The summed E-state index contributed by atoms with van der Waals surface area (Å²) in [5.74, 6) is 2.35. The molecule has 1 unspecified atom stereocenters. The highest BCUT2D eigenvalue weighted by Gasteiger charge is 2.15. The molecule has 0 saturated carbocycles. The zero-order valence-corrected chi connectivity index (χ0v) is 14.6. The van der Waals surface area contributed by atoms with E-state index in [1.165, 1.54) is 0 Å². The molecule has 2 aromatic rings. The molecule has 0 bridgehead atoms. The molecule has 1 aliphatic heterocycles. The summed E-state index contributed by atoms with van der Waals surface area (Å²) in [6.45, 7) is 2.69. The van der Waals surface area contributed by atoms with E-state index >= 15 is 0 Å². The monoisotopic (exact) mass is 343 g/mol. The highest BCUT2D eigenvalue weighted by Crippen LogP contribution is 2.25. The van der Waals surface area contributed by atoms with Crippen LogP contribution in [-0.2, 0) is 4.74 Å². The number of rotatable bonds is 9. The van der Waals surface area contributed by atoms with Crippen molar-refractivity contribution in [2.24, 2.45) is 0 Å². The van der Waals surface area contributed by atoms with Gasteiger partial charge in [-0.15, -0.1) is 0 Å². The largest absolute Gasteiger partial charge is 0.493 e. The Labute approximate surface area is 148 Å². The van der Waals surface area contributed by atoms with Crippen molar-refractivity contribution in [1.29, 1.82) is 0 Å². The first-order valence-corrected chi connectivity index (χ1v) is 8.69. The van der Waals surface area contributed by atoms with E-state index in [9.17, 15) is 0 Å². The van der Waals surface area contributed by atoms with Gasteiger partial charge in [0.25, 0.3) is 0 Å². The van der Waals surface area contributed by atoms with Crippen molar-refractivity contribution in [2.45, 2.75) is 18.9 Å². The molecule has 1 N–H and O–H groups in total. The Kier molecular flexibility index (Phi) is 6.40. The second-order valence-electron chi connectivity index (χ2n) is 5.90. The van der Waals surface area contributed by atoms with Gasteiger partial charge >= 0.3 is 0 Å². The van der Waals surface area contributed by atoms with Gasteiger partial charge in [0.2, 0.25) is 0 Å². The average molecular weight is 343 g/mol. The Balaban J connectivity index is 1.42. The number of hydrogen-bond acceptors (Lipinski definition) is 5. The predicted molar refractivity (Wildman–Crippen MR) is 97.9 cm³/mol. The topological polar surface area (TPSA) is 49.0 Å². The van der Waals surface area contributed by atoms with Gasteiger partial charge in [-0.1, -0.05) is 18.2 Å². The van der Waals surface area contributed by atoms with Crippen LogP contribution in [0, 0.1) is 0 Å². The van der Waals surface area contributed by atoms with Crippen LogP contribution in [0.4, 0.5) is 5.69 Å². The molecule has 1 aliphatic rings. The van der Waals surface area contributed by atoms with Gasteiger partial charge in [-0.3, -0.25) is 0 Å². The number of para-hydroxylation sites is 2. The standard InChI is InChI=1S/C20H25NO4/c1-22-19-9-2-3-10-20(19)24-13-11-21-16-6-4-7-17(14-16)25-15-18-8-5-12-23-18/h2-4,6-7,9-10,14,18,21H,5,8,11-13,15H2,1H3. The molecule has 1 heterocycles. The highest BCUT2D eigenvalue weighted by atomic mass is 16.5. The van der Waals surface area contributed by atoms with E-state index in [0.29, 0.717) is 19.8 Å². The van der Waals surface area contributed by atoms with Gasteiger partial charge in [0.1, 0.15) is 19.0 Å². The summed E-state index contributed by atoms with van der Waals surface area (Å²) in [5, 5.41) is 3.34. The zero-order valence-electron chi connectivity index (χ0n) is 14.6. The number of ether oxygens (including phenoxy) is 4. The molecule has 1 atom stereocenters. The fourth-order valence-corrected chi connectivity index (χ4v) is 2.76. The average Bonchev–Trinajstić information content (AvgIpc) is 3.18. The Hall–Kier alpha value is -2.40. The third kappa shape index (κ3) is 5.29. The lowest BCUT2D eigenvalue weighted by molar-refractivity contribution is 0.0680. The maximum atomic E-state index is 5.82. The van der Waals surface area contributed by atoms with Crippen LogP contribution >= 0.6 is 0 Å². The summed E-state index contributed by atoms with van der Waals surface area (Å²) in [4.78, 5) is 0. The van der Waals surface area contributed by atoms with Gasteiger partial charge in [0.15, 0.2) is 11.5 Å². The molecule has 0 spiro atoms. The molecule has 5 nitrogen and oxygen atoms in total. The number of benzene rings is 2. The predicted octanol–water partition coefficient (Wildman–Crippen LogP) is 3.74. The highest BCUT2D eigenvalue weighted by molar-refractivity contribution is 5.48. The molecule has 0 radical (unpaired) electrons. The quantitative estimate of drug-likeness (QED) is 0.703. The van der Waals surface area contributed by atoms with E-state index in [2.05, 4.69) is 5.32 Å². The van der Waals surface area contributed by atoms with Crippen molar-refractivity contribution in [3.05, 3.63) is 48.5 Å². The normalized spacial score (nSPS) is 16.4. The maximum absolute atomic E-state index is 5.82. The molecule has 2 aromatic carbocycles. The van der Waals surface area contributed by atoms with Crippen molar-refractivity contribution in [3.8, 4) is 17.2 Å². The number of methoxy groups -OCH3 is 1. The summed E-state index contributed by atoms with van der Waals surface area (Å²) in [5.41, 5.74) is 1.01. The fraction of sp³-hybridized carbons (Fsp3) is 0.400. The third-order valence-electron chi connectivity index (χ3n) is 4.05. The molecule has 0 amide bonds. The maximum Gasteiger partial charge on any atom is 0.161 e. The molecule has 1 saturated heterocycles. The van der Waals surface area contributed by atoms with Crippen LogP contribution in [0.2, 0.25) is 0 Å². The first-order valence-electron chi connectivity index (χ1n) is 8.69. The molecule has 0 aromatic heterocycles. The van der Waals surface area contributed by atoms with Crippen LogP contribution in [0.5, 0.6) is 17.2 Å². The Morgan fingerprint density at radius 1 is 1.08 bits per heavy atom. The van der Waals surface area contributed by atoms with Gasteiger partial charge in [-0.05, 0) is 37.1 Å². The van der Waals surface area contributed by atoms with E-state index in [0.717, 1.165) is 42.4 Å². The first-order chi connectivity index (χ1) is 12.3. The van der Waals surface area contributed by atoms with E-state index in [1.807, 2.05) is 48.5 Å². The third-order valence-corrected chi connectivity index (χ3v) is 4.05. The van der Waals surface area contributed by atoms with Crippen LogP contribution in [0.1, 0.15) is 12.8 Å². The minimum Gasteiger partial charge on any atom is -0.493 e. The lowest BCUT2D eigenvalue weighted by atomic mass is 10.2. The van der Waals surface area contributed by atoms with Crippen molar-refractivity contribution in [1.82, 2.24) is 0 Å². The zero-order chi connectivity index (χ0) is 17.3. The summed E-state index contributed by atoms with van der Waals surface area (Å²) < 4.78 is 22.4. The smallest absolute Gasteiger partial charge is 0.161 e. The van der Waals surface area contributed by atoms with Crippen LogP contribution in [0.3, 0.4) is 0 Å². The van der Waals surface area contributed by atoms with Crippen LogP contribution in [0.25, 0.3) is 0 Å². The summed E-state index contributed by atoms with van der Waals surface area (Å²) in [6.07, 6.45) is 2.44. The second kappa shape index (κ2) is 9.18. The van der Waals surface area contributed by atoms with E-state index < -0.39 is 0 Å². The SMILES string of the molecule is COc1ccccc1OCCNc1cccc(OCC2CCCO2)c1. The minimum absolute atomic E-state index is 0.228. The Morgan fingerprint density at radius 3 is 2.76 bits per heavy atom. The van der Waals surface area contributed by atoms with Crippen LogP contribution in [-0.4, -0.2) is 39.6 Å². The molecule has 1 fully saturated rings. The molecular formula is C20H25NO4. The van der Waals surface area contributed by atoms with E-state index in [4.69, 9.17) is 18.9 Å². The summed E-state index contributed by atoms with van der Waals surface area (Å²) in [7, 11) is 1.64. The van der Waals surface area contributed by atoms with E-state index in [1.54, 1.807) is 7.11 Å². The van der Waals surface area contributed by atoms with Gasteiger partial charge in [-0.25, -0.2) is 0 Å². The second-order valence-corrected chi connectivity index (χ2v) is 5.90. The molecule has 3 rings (SSSR count). The van der Waals surface area contributed by atoms with Crippen LogP contribution < -0.4 is 19.5 Å². The van der Waals surface area contributed by atoms with Crippen molar-refractivity contribution in [3.63, 3.8) is 0 Å². The summed E-state index contributed by atoms with van der Waals surface area (Å²) in [6, 6.07) is 15.6. The van der Waals surface area contributed by atoms with Gasteiger partial charge in [0, 0.05) is 24.9 Å². The molecule has 5 heteroatoms. The number of anilines is 1. The first kappa shape index (κ1) is 17.4.